The first-order valence-corrected chi connectivity index (χ1v) is 8.66. The van der Waals surface area contributed by atoms with Gasteiger partial charge in [-0.25, -0.2) is 17.9 Å². The van der Waals surface area contributed by atoms with Gasteiger partial charge >= 0.3 is 5.97 Å². The highest BCUT2D eigenvalue weighted by Crippen LogP contribution is 2.18. The molecule has 1 rings (SSSR count). The third-order valence-electron chi connectivity index (χ3n) is 3.20. The number of hydrogen-bond donors (Lipinski definition) is 2. The van der Waals surface area contributed by atoms with Gasteiger partial charge in [0.05, 0.1) is 4.90 Å². The quantitative estimate of drug-likeness (QED) is 0.757. The van der Waals surface area contributed by atoms with Crippen LogP contribution in [0.2, 0.25) is 0 Å². The zero-order valence-corrected chi connectivity index (χ0v) is 13.4. The minimum absolute atomic E-state index is 0.00564. The van der Waals surface area contributed by atoms with Crippen molar-refractivity contribution in [3.63, 3.8) is 0 Å². The van der Waals surface area contributed by atoms with Crippen LogP contribution in [0.4, 0.5) is 0 Å². The average molecular weight is 320 g/mol. The van der Waals surface area contributed by atoms with E-state index in [1.54, 1.807) is 0 Å². The fourth-order valence-electron chi connectivity index (χ4n) is 1.54. The Morgan fingerprint density at radius 3 is 2.70 bits per heavy atom. The van der Waals surface area contributed by atoms with Gasteiger partial charge in [-0.05, 0) is 26.5 Å². The molecule has 0 saturated heterocycles. The smallest absolute Gasteiger partial charge is 0.345 e. The number of hydrogen-bond acceptors (Lipinski definition) is 5. The summed E-state index contributed by atoms with van der Waals surface area (Å²) < 4.78 is 26.4. The number of nitrogens with one attached hydrogen (secondary N) is 1. The third kappa shape index (κ3) is 4.55. The van der Waals surface area contributed by atoms with Crippen LogP contribution in [-0.4, -0.2) is 50.6 Å². The topological polar surface area (TPSA) is 86.7 Å². The summed E-state index contributed by atoms with van der Waals surface area (Å²) >= 11 is 0.904. The van der Waals surface area contributed by atoms with Crippen molar-refractivity contribution in [3.8, 4) is 0 Å². The lowest BCUT2D eigenvalue weighted by Gasteiger charge is -2.23. The highest BCUT2D eigenvalue weighted by atomic mass is 32.2. The van der Waals surface area contributed by atoms with Gasteiger partial charge in [0.1, 0.15) is 4.88 Å². The normalized spacial score (nSPS) is 13.6. The summed E-state index contributed by atoms with van der Waals surface area (Å²) in [5, 5.41) is 10.1. The van der Waals surface area contributed by atoms with Crippen molar-refractivity contribution in [2.45, 2.75) is 31.2 Å². The number of nitrogens with zero attached hydrogens (tertiary/aromatic N) is 1. The Balaban J connectivity index is 2.59. The van der Waals surface area contributed by atoms with Crippen molar-refractivity contribution in [2.24, 2.45) is 0 Å². The summed E-state index contributed by atoms with van der Waals surface area (Å²) in [4.78, 5) is 12.8. The van der Waals surface area contributed by atoms with Crippen molar-refractivity contribution >= 4 is 27.3 Å². The molecule has 6 nitrogen and oxygen atoms in total. The van der Waals surface area contributed by atoms with Crippen LogP contribution in [0.15, 0.2) is 16.3 Å². The van der Waals surface area contributed by atoms with Gasteiger partial charge in [0.25, 0.3) is 0 Å². The molecule has 0 bridgehead atoms. The lowest BCUT2D eigenvalue weighted by atomic mass is 10.2. The number of aromatic carboxylic acids is 1. The van der Waals surface area contributed by atoms with Crippen LogP contribution in [0.25, 0.3) is 0 Å². The van der Waals surface area contributed by atoms with Crippen LogP contribution in [-0.2, 0) is 10.0 Å². The Morgan fingerprint density at radius 2 is 2.20 bits per heavy atom. The largest absolute Gasteiger partial charge is 0.477 e. The number of carboxylic acid groups (broad SMARTS) is 1. The first-order valence-electron chi connectivity index (χ1n) is 6.29. The van der Waals surface area contributed by atoms with Crippen LogP contribution in [0.3, 0.4) is 0 Å². The second kappa shape index (κ2) is 7.16. The minimum Gasteiger partial charge on any atom is -0.477 e. The molecule has 0 aliphatic rings. The van der Waals surface area contributed by atoms with Crippen LogP contribution in [0.5, 0.6) is 0 Å². The van der Waals surface area contributed by atoms with Gasteiger partial charge in [0.2, 0.25) is 10.0 Å². The predicted molar refractivity (Wildman–Crippen MR) is 78.8 cm³/mol. The number of likely N-dealkylation sites (N-methyl/N-ethyl adjacent to an activating group) is 1. The molecule has 0 aromatic carbocycles. The molecule has 1 atom stereocenters. The van der Waals surface area contributed by atoms with E-state index >= 15 is 0 Å². The van der Waals surface area contributed by atoms with Gasteiger partial charge in [-0.15, -0.1) is 11.3 Å². The first kappa shape index (κ1) is 17.1. The third-order valence-corrected chi connectivity index (χ3v) is 5.70. The fraction of sp³-hybridized carbons (Fsp3) is 0.583. The first-order chi connectivity index (χ1) is 9.27. The van der Waals surface area contributed by atoms with Gasteiger partial charge in [-0.2, -0.15) is 0 Å². The van der Waals surface area contributed by atoms with E-state index in [9.17, 15) is 13.2 Å². The molecule has 8 heteroatoms. The Bertz CT molecular complexity index is 554. The highest BCUT2D eigenvalue weighted by molar-refractivity contribution is 7.89. The molecule has 0 saturated carbocycles. The zero-order valence-electron chi connectivity index (χ0n) is 11.8. The van der Waals surface area contributed by atoms with E-state index < -0.39 is 16.0 Å². The Hall–Kier alpha value is -0.960. The van der Waals surface area contributed by atoms with Crippen LogP contribution in [0, 0.1) is 0 Å². The molecule has 2 N–H and O–H groups in total. The van der Waals surface area contributed by atoms with Gasteiger partial charge in [-0.3, -0.25) is 0 Å². The molecule has 0 radical (unpaired) electrons. The van der Waals surface area contributed by atoms with Crippen LogP contribution < -0.4 is 4.72 Å². The Labute approximate surface area is 123 Å². The van der Waals surface area contributed by atoms with Gasteiger partial charge in [0.15, 0.2) is 0 Å². The summed E-state index contributed by atoms with van der Waals surface area (Å²) in [7, 11) is -1.69. The summed E-state index contributed by atoms with van der Waals surface area (Å²) in [5.74, 6) is -1.12. The summed E-state index contributed by atoms with van der Waals surface area (Å²) in [5.41, 5.74) is 0. The number of thiophene rings is 1. The molecule has 20 heavy (non-hydrogen) atoms. The van der Waals surface area contributed by atoms with E-state index in [4.69, 9.17) is 5.11 Å². The number of carbonyl (C=O) groups is 1. The Morgan fingerprint density at radius 1 is 1.55 bits per heavy atom. The number of rotatable bonds is 8. The Kier molecular flexibility index (Phi) is 6.12. The molecule has 1 unspecified atom stereocenters. The van der Waals surface area contributed by atoms with Crippen molar-refractivity contribution in [3.05, 3.63) is 16.3 Å². The number of carboxylic acids is 1. The van der Waals surface area contributed by atoms with E-state index in [1.807, 2.05) is 7.05 Å². The molecule has 1 aromatic rings. The molecule has 0 fully saturated rings. The summed E-state index contributed by atoms with van der Waals surface area (Å²) in [6.45, 7) is 5.04. The second-order valence-corrected chi connectivity index (χ2v) is 7.27. The monoisotopic (exact) mass is 320 g/mol. The standard InChI is InChI=1S/C12H20N2O4S2/c1-4-9(2)14(3)6-5-13-20(17,18)10-7-11(12(15)16)19-8-10/h7-9,13H,4-6H2,1-3H3,(H,15,16). The molecule has 0 spiro atoms. The maximum Gasteiger partial charge on any atom is 0.345 e. The van der Waals surface area contributed by atoms with Crippen molar-refractivity contribution in [1.82, 2.24) is 9.62 Å². The van der Waals surface area contributed by atoms with Gasteiger partial charge in [-0.1, -0.05) is 6.92 Å². The van der Waals surface area contributed by atoms with Crippen molar-refractivity contribution in [1.29, 1.82) is 0 Å². The van der Waals surface area contributed by atoms with E-state index in [0.717, 1.165) is 17.8 Å². The lowest BCUT2D eigenvalue weighted by Crippen LogP contribution is -2.36. The molecular formula is C12H20N2O4S2. The molecular weight excluding hydrogens is 300 g/mol. The second-order valence-electron chi connectivity index (χ2n) is 4.59. The van der Waals surface area contributed by atoms with E-state index in [2.05, 4.69) is 23.5 Å². The molecule has 1 heterocycles. The van der Waals surface area contributed by atoms with E-state index in [-0.39, 0.29) is 9.77 Å². The van der Waals surface area contributed by atoms with E-state index in [1.165, 1.54) is 11.4 Å². The fourth-order valence-corrected chi connectivity index (χ4v) is 3.68. The maximum absolute atomic E-state index is 12.0. The molecule has 0 aliphatic carbocycles. The predicted octanol–water partition coefficient (Wildman–Crippen LogP) is 1.45. The zero-order chi connectivity index (χ0) is 15.3. The molecule has 0 amide bonds. The van der Waals surface area contributed by atoms with Crippen LogP contribution >= 0.6 is 11.3 Å². The molecule has 1 aromatic heterocycles. The van der Waals surface area contributed by atoms with Crippen molar-refractivity contribution in [2.75, 3.05) is 20.1 Å². The minimum atomic E-state index is -3.63. The summed E-state index contributed by atoms with van der Waals surface area (Å²) in [6, 6.07) is 1.56. The van der Waals surface area contributed by atoms with Crippen LogP contribution in [0.1, 0.15) is 29.9 Å². The molecule has 0 aliphatic heterocycles. The summed E-state index contributed by atoms with van der Waals surface area (Å²) in [6.07, 6.45) is 0.996. The molecule has 114 valence electrons. The van der Waals surface area contributed by atoms with Gasteiger partial charge in [0, 0.05) is 24.5 Å². The van der Waals surface area contributed by atoms with E-state index in [0.29, 0.717) is 19.1 Å². The van der Waals surface area contributed by atoms with Crippen molar-refractivity contribution < 1.29 is 18.3 Å². The SMILES string of the molecule is CCC(C)N(C)CCNS(=O)(=O)c1csc(C(=O)O)c1. The lowest BCUT2D eigenvalue weighted by molar-refractivity contribution is 0.0702. The average Bonchev–Trinajstić information content (AvgIpc) is 2.87. The van der Waals surface area contributed by atoms with Gasteiger partial charge < -0.3 is 10.0 Å². The highest BCUT2D eigenvalue weighted by Gasteiger charge is 2.18. The number of sulfonamides is 1. The maximum atomic E-state index is 12.0.